The van der Waals surface area contributed by atoms with Gasteiger partial charge in [0.25, 0.3) is 0 Å². The van der Waals surface area contributed by atoms with Crippen LogP contribution in [0.25, 0.3) is 0 Å². The van der Waals surface area contributed by atoms with Crippen molar-refractivity contribution in [2.45, 2.75) is 141 Å². The van der Waals surface area contributed by atoms with Crippen LogP contribution in [0.1, 0.15) is 144 Å². The van der Waals surface area contributed by atoms with Gasteiger partial charge in [0.1, 0.15) is 22.9 Å². The van der Waals surface area contributed by atoms with E-state index in [0.29, 0.717) is 48.1 Å². The van der Waals surface area contributed by atoms with E-state index in [1.54, 1.807) is 64.6 Å². The number of nitrogens with two attached hydrogens (primary N) is 1. The molecule has 0 atom stereocenters. The molecule has 0 aliphatic rings. The Bertz CT molecular complexity index is 2000. The lowest BCUT2D eigenvalue weighted by Crippen LogP contribution is -2.33. The molecule has 3 aromatic rings. The van der Waals surface area contributed by atoms with Crippen LogP contribution in [0.15, 0.2) is 52.3 Å². The lowest BCUT2D eigenvalue weighted by molar-refractivity contribution is -0.117. The van der Waals surface area contributed by atoms with Gasteiger partial charge in [-0.2, -0.15) is 0 Å². The van der Waals surface area contributed by atoms with Crippen LogP contribution in [-0.2, 0) is 50.8 Å². The number of Topliss-reactive ketones (excluding diaryl/α,β-unsaturated/α-hetero) is 4. The van der Waals surface area contributed by atoms with Gasteiger partial charge in [0.2, 0.25) is 0 Å². The molecule has 3 aromatic carbocycles. The summed E-state index contributed by atoms with van der Waals surface area (Å²) in [5.41, 5.74) is 10.8. The minimum atomic E-state index is -0.630. The van der Waals surface area contributed by atoms with Crippen LogP contribution in [0.4, 0.5) is 4.79 Å². The average molecular weight is 847 g/mol. The molecule has 0 radical (unpaired) electrons. The van der Waals surface area contributed by atoms with Crippen molar-refractivity contribution in [1.82, 2.24) is 5.32 Å². The minimum Gasteiger partial charge on any atom is -0.494 e. The van der Waals surface area contributed by atoms with Crippen LogP contribution in [0, 0.1) is 0 Å². The first-order chi connectivity index (χ1) is 27.4. The fraction of sp³-hybridized carbons (Fsp3) is 0.521. The van der Waals surface area contributed by atoms with Gasteiger partial charge in [-0.25, -0.2) is 4.79 Å². The second-order valence-electron chi connectivity index (χ2n) is 18.2. The second kappa shape index (κ2) is 21.5. The zero-order valence-electron chi connectivity index (χ0n) is 37.4. The smallest absolute Gasteiger partial charge is 0.407 e. The van der Waals surface area contributed by atoms with Crippen LogP contribution in [0.5, 0.6) is 5.75 Å². The zero-order valence-corrected chi connectivity index (χ0v) is 39.0. The Kier molecular flexibility index (Phi) is 18.1. The molecule has 1 amide bonds. The Balaban J connectivity index is 2.11. The fourth-order valence-corrected chi connectivity index (χ4v) is 8.36. The molecule has 0 fully saturated rings. The van der Waals surface area contributed by atoms with Crippen LogP contribution in [0.2, 0.25) is 0 Å². The fourth-order valence-electron chi connectivity index (χ4n) is 6.36. The molecule has 0 spiro atoms. The maximum absolute atomic E-state index is 14.5. The predicted molar refractivity (Wildman–Crippen MR) is 242 cm³/mol. The van der Waals surface area contributed by atoms with Crippen LogP contribution >= 0.6 is 23.5 Å². The quantitative estimate of drug-likeness (QED) is 0.0641. The summed E-state index contributed by atoms with van der Waals surface area (Å²) in [6.07, 6.45) is 0.754. The topological polar surface area (TPSA) is 142 Å². The minimum absolute atomic E-state index is 0.00275. The second-order valence-corrected chi connectivity index (χ2v) is 20.4. The molecule has 9 nitrogen and oxygen atoms in total. The zero-order chi connectivity index (χ0) is 44.3. The van der Waals surface area contributed by atoms with Gasteiger partial charge in [0, 0.05) is 71.2 Å². The van der Waals surface area contributed by atoms with Crippen molar-refractivity contribution in [3.05, 3.63) is 87.0 Å². The van der Waals surface area contributed by atoms with Crippen molar-refractivity contribution in [2.24, 2.45) is 5.73 Å². The summed E-state index contributed by atoms with van der Waals surface area (Å²) in [4.78, 5) is 67.9. The molecule has 0 saturated heterocycles. The first-order valence-electron chi connectivity index (χ1n) is 20.5. The van der Waals surface area contributed by atoms with Crippen molar-refractivity contribution < 1.29 is 33.4 Å². The maximum Gasteiger partial charge on any atom is 0.407 e. The highest BCUT2D eigenvalue weighted by atomic mass is 32.2. The van der Waals surface area contributed by atoms with Gasteiger partial charge in [-0.1, -0.05) is 72.7 Å². The van der Waals surface area contributed by atoms with Gasteiger partial charge in [0.15, 0.2) is 11.6 Å². The Morgan fingerprint density at radius 1 is 0.627 bits per heavy atom. The number of rotatable bonds is 20. The molecule has 3 N–H and O–H groups in total. The van der Waals surface area contributed by atoms with E-state index in [1.807, 2.05) is 19.1 Å². The summed E-state index contributed by atoms with van der Waals surface area (Å²) < 4.78 is 11.5. The number of nitrogens with one attached hydrogen (secondary N) is 1. The average Bonchev–Trinajstić information content (AvgIpc) is 3.10. The number of hydrogen-bond donors (Lipinski definition) is 2. The number of carbonyl (C=O) groups excluding carboxylic acids is 5. The third kappa shape index (κ3) is 15.9. The normalized spacial score (nSPS) is 11.9. The first-order valence-corrected chi connectivity index (χ1v) is 22.5. The lowest BCUT2D eigenvalue weighted by Gasteiger charge is -2.24. The van der Waals surface area contributed by atoms with Crippen LogP contribution in [0.3, 0.4) is 0 Å². The number of ketones is 4. The van der Waals surface area contributed by atoms with Gasteiger partial charge >= 0.3 is 6.09 Å². The van der Waals surface area contributed by atoms with E-state index in [2.05, 4.69) is 59.0 Å². The highest BCUT2D eigenvalue weighted by Crippen LogP contribution is 2.36. The molecule has 0 heterocycles. The summed E-state index contributed by atoms with van der Waals surface area (Å²) in [6.45, 7) is 24.3. The monoisotopic (exact) mass is 846 g/mol. The van der Waals surface area contributed by atoms with Crippen molar-refractivity contribution in [1.29, 1.82) is 0 Å². The molecule has 59 heavy (non-hydrogen) atoms. The molecule has 3 rings (SSSR count). The van der Waals surface area contributed by atoms with Crippen LogP contribution < -0.4 is 15.8 Å². The predicted octanol–water partition coefficient (Wildman–Crippen LogP) is 9.85. The van der Waals surface area contributed by atoms with Gasteiger partial charge in [0.05, 0.1) is 6.61 Å². The number of amides is 1. The summed E-state index contributed by atoms with van der Waals surface area (Å²) in [5, 5.41) is 2.80. The van der Waals surface area contributed by atoms with E-state index in [1.165, 1.54) is 11.8 Å². The SMILES string of the molecule is CCCOc1cc(C(=O)Cc2cc(C(C)(C)C)cc(CC(C)=O)c2SCCN)cc(C(=O)Cc2cc(C(C)(C)C)cc(CC(C)=O)c2SCCNC(=O)OC(C)(C)C)c1. The summed E-state index contributed by atoms with van der Waals surface area (Å²) >= 11 is 3.04. The third-order valence-corrected chi connectivity index (χ3v) is 11.7. The van der Waals surface area contributed by atoms with Crippen LogP contribution in [-0.4, -0.2) is 66.0 Å². The van der Waals surface area contributed by atoms with Gasteiger partial charge < -0.3 is 20.5 Å². The molecule has 0 saturated carbocycles. The van der Waals surface area contributed by atoms with Crippen molar-refractivity contribution in [3.8, 4) is 5.75 Å². The van der Waals surface area contributed by atoms with E-state index in [0.717, 1.165) is 49.6 Å². The number of alkyl carbamates (subject to hydrolysis) is 1. The van der Waals surface area contributed by atoms with Gasteiger partial charge in [-0.05, 0) is 103 Å². The number of hydrogen-bond acceptors (Lipinski definition) is 10. The number of ether oxygens (including phenoxy) is 2. The Labute approximate surface area is 361 Å². The highest BCUT2D eigenvalue weighted by molar-refractivity contribution is 7.99. The molecule has 0 unspecified atom stereocenters. The summed E-state index contributed by atoms with van der Waals surface area (Å²) in [6, 6.07) is 13.3. The van der Waals surface area contributed by atoms with E-state index < -0.39 is 11.7 Å². The standard InChI is InChI=1S/C48H66N2O7S2/c1-13-16-56-40-26-32(41(53)28-36-24-38(46(4,5)6)22-34(19-30(2)51)43(36)58-17-14-49)21-33(27-40)42(54)29-37-25-39(47(7,8)9)23-35(20-31(3)52)44(37)59-18-15-50-45(55)57-48(10,11)12/h21-27H,13-20,28-29,49H2,1-12H3,(H,50,55). The Morgan fingerprint density at radius 3 is 1.42 bits per heavy atom. The van der Waals surface area contributed by atoms with Gasteiger partial charge in [-0.3, -0.25) is 19.2 Å². The lowest BCUT2D eigenvalue weighted by atomic mass is 9.83. The van der Waals surface area contributed by atoms with Crippen molar-refractivity contribution in [2.75, 3.05) is 31.2 Å². The molecule has 11 heteroatoms. The number of benzene rings is 3. The molecule has 0 aromatic heterocycles. The maximum atomic E-state index is 14.5. The largest absolute Gasteiger partial charge is 0.494 e. The molecule has 322 valence electrons. The number of carbonyl (C=O) groups is 5. The summed E-state index contributed by atoms with van der Waals surface area (Å²) in [7, 11) is 0. The van der Waals surface area contributed by atoms with E-state index in [9.17, 15) is 24.0 Å². The molecular formula is C48H66N2O7S2. The van der Waals surface area contributed by atoms with Crippen molar-refractivity contribution in [3.63, 3.8) is 0 Å². The van der Waals surface area contributed by atoms with E-state index in [4.69, 9.17) is 15.2 Å². The Hall–Kier alpha value is -3.93. The highest BCUT2D eigenvalue weighted by Gasteiger charge is 2.25. The Morgan fingerprint density at radius 2 is 1.05 bits per heavy atom. The number of thioether (sulfide) groups is 2. The molecular weight excluding hydrogens is 781 g/mol. The molecule has 0 aliphatic carbocycles. The summed E-state index contributed by atoms with van der Waals surface area (Å²) in [5.74, 6) is 1.20. The van der Waals surface area contributed by atoms with Crippen molar-refractivity contribution >= 4 is 52.7 Å². The molecule has 0 bridgehead atoms. The first kappa shape index (κ1) is 49.4. The molecule has 0 aliphatic heterocycles. The van der Waals surface area contributed by atoms with E-state index in [-0.39, 0.29) is 59.6 Å². The third-order valence-electron chi connectivity index (χ3n) is 9.20. The van der Waals surface area contributed by atoms with E-state index >= 15 is 0 Å². The van der Waals surface area contributed by atoms with Gasteiger partial charge in [-0.15, -0.1) is 23.5 Å².